The summed E-state index contributed by atoms with van der Waals surface area (Å²) in [6.07, 6.45) is 0.932. The predicted molar refractivity (Wildman–Crippen MR) is 89.7 cm³/mol. The molecule has 1 aromatic rings. The zero-order valence-electron chi connectivity index (χ0n) is 11.9. The van der Waals surface area contributed by atoms with Gasteiger partial charge in [0.1, 0.15) is 0 Å². The Morgan fingerprint density at radius 3 is 3.10 bits per heavy atom. The number of amides is 1. The van der Waals surface area contributed by atoms with Crippen molar-refractivity contribution in [3.63, 3.8) is 0 Å². The molecule has 1 aliphatic rings. The quantitative estimate of drug-likeness (QED) is 0.774. The van der Waals surface area contributed by atoms with Crippen molar-refractivity contribution in [2.45, 2.75) is 17.4 Å². The van der Waals surface area contributed by atoms with Crippen molar-refractivity contribution in [1.29, 1.82) is 0 Å². The standard InChI is InChI=1S/C14H19ClN2O2S.ClH/c1-19-6-5-16-9-14(18)17-12-4-7-20-13-3-2-10(15)8-11(12)13;/h2-3,8,12,16H,4-7,9H2,1H3,(H,17,18);1H. The average molecular weight is 351 g/mol. The number of hydrogen-bond donors (Lipinski definition) is 2. The maximum atomic E-state index is 11.9. The highest BCUT2D eigenvalue weighted by molar-refractivity contribution is 7.99. The van der Waals surface area contributed by atoms with Crippen LogP contribution in [0.5, 0.6) is 0 Å². The maximum Gasteiger partial charge on any atom is 0.234 e. The molecule has 1 aliphatic heterocycles. The molecule has 0 saturated heterocycles. The van der Waals surface area contributed by atoms with E-state index in [2.05, 4.69) is 10.6 Å². The van der Waals surface area contributed by atoms with Crippen molar-refractivity contribution < 1.29 is 9.53 Å². The monoisotopic (exact) mass is 350 g/mol. The SMILES string of the molecule is COCCNCC(=O)NC1CCSc2ccc(Cl)cc21.Cl. The Morgan fingerprint density at radius 2 is 2.33 bits per heavy atom. The lowest BCUT2D eigenvalue weighted by Crippen LogP contribution is -2.38. The van der Waals surface area contributed by atoms with Gasteiger partial charge in [0, 0.05) is 29.3 Å². The molecule has 0 bridgehead atoms. The summed E-state index contributed by atoms with van der Waals surface area (Å²) in [6.45, 7) is 1.58. The number of halogens is 2. The summed E-state index contributed by atoms with van der Waals surface area (Å²) in [5.41, 5.74) is 1.12. The van der Waals surface area contributed by atoms with E-state index in [1.54, 1.807) is 7.11 Å². The number of thioether (sulfide) groups is 1. The van der Waals surface area contributed by atoms with E-state index < -0.39 is 0 Å². The van der Waals surface area contributed by atoms with Crippen LogP contribution in [0.25, 0.3) is 0 Å². The Kier molecular flexibility index (Phi) is 8.44. The van der Waals surface area contributed by atoms with E-state index in [1.807, 2.05) is 30.0 Å². The van der Waals surface area contributed by atoms with E-state index in [4.69, 9.17) is 16.3 Å². The molecule has 2 N–H and O–H groups in total. The summed E-state index contributed by atoms with van der Waals surface area (Å²) >= 11 is 7.86. The topological polar surface area (TPSA) is 50.4 Å². The lowest BCUT2D eigenvalue weighted by molar-refractivity contribution is -0.121. The van der Waals surface area contributed by atoms with E-state index in [0.29, 0.717) is 24.7 Å². The number of ether oxygens (including phenoxy) is 1. The van der Waals surface area contributed by atoms with Crippen molar-refractivity contribution in [2.75, 3.05) is 32.6 Å². The molecule has 0 aromatic heterocycles. The zero-order valence-corrected chi connectivity index (χ0v) is 14.2. The molecule has 1 amide bonds. The molecule has 21 heavy (non-hydrogen) atoms. The summed E-state index contributed by atoms with van der Waals surface area (Å²) in [7, 11) is 1.64. The number of fused-ring (bicyclic) bond motifs is 1. The summed E-state index contributed by atoms with van der Waals surface area (Å²) < 4.78 is 4.92. The number of rotatable bonds is 6. The van der Waals surface area contributed by atoms with E-state index in [0.717, 1.165) is 17.7 Å². The number of nitrogens with one attached hydrogen (secondary N) is 2. The van der Waals surface area contributed by atoms with Gasteiger partial charge in [-0.2, -0.15) is 0 Å². The fourth-order valence-electron chi connectivity index (χ4n) is 2.14. The van der Waals surface area contributed by atoms with Crippen LogP contribution in [0.1, 0.15) is 18.0 Å². The fraction of sp³-hybridized carbons (Fsp3) is 0.500. The van der Waals surface area contributed by atoms with Crippen LogP contribution in [-0.2, 0) is 9.53 Å². The van der Waals surface area contributed by atoms with Gasteiger partial charge in [-0.15, -0.1) is 24.2 Å². The van der Waals surface area contributed by atoms with Crippen LogP contribution >= 0.6 is 35.8 Å². The van der Waals surface area contributed by atoms with E-state index in [1.165, 1.54) is 4.90 Å². The second kappa shape index (κ2) is 9.54. The molecule has 1 atom stereocenters. The van der Waals surface area contributed by atoms with Crippen LogP contribution in [0.4, 0.5) is 0 Å². The Bertz CT molecular complexity index is 474. The Balaban J connectivity index is 0.00000220. The molecule has 0 aliphatic carbocycles. The first-order chi connectivity index (χ1) is 9.70. The van der Waals surface area contributed by atoms with Crippen molar-refractivity contribution in [2.24, 2.45) is 0 Å². The van der Waals surface area contributed by atoms with Gasteiger partial charge in [0.2, 0.25) is 5.91 Å². The van der Waals surface area contributed by atoms with Crippen LogP contribution in [0.3, 0.4) is 0 Å². The smallest absolute Gasteiger partial charge is 0.234 e. The minimum Gasteiger partial charge on any atom is -0.383 e. The molecule has 1 aromatic carbocycles. The van der Waals surface area contributed by atoms with Crippen LogP contribution in [0.15, 0.2) is 23.1 Å². The van der Waals surface area contributed by atoms with Gasteiger partial charge in [0.25, 0.3) is 0 Å². The molecule has 0 spiro atoms. The first kappa shape index (κ1) is 18.6. The highest BCUT2D eigenvalue weighted by atomic mass is 35.5. The fourth-order valence-corrected chi connectivity index (χ4v) is 3.42. The number of benzene rings is 1. The van der Waals surface area contributed by atoms with Gasteiger partial charge in [-0.25, -0.2) is 0 Å². The molecule has 0 saturated carbocycles. The van der Waals surface area contributed by atoms with Gasteiger partial charge in [-0.3, -0.25) is 4.79 Å². The highest BCUT2D eigenvalue weighted by Crippen LogP contribution is 2.37. The van der Waals surface area contributed by atoms with Crippen molar-refractivity contribution in [3.8, 4) is 0 Å². The molecule has 7 heteroatoms. The first-order valence-corrected chi connectivity index (χ1v) is 7.98. The lowest BCUT2D eigenvalue weighted by Gasteiger charge is -2.26. The third-order valence-corrected chi connectivity index (χ3v) is 4.47. The van der Waals surface area contributed by atoms with Crippen molar-refractivity contribution in [1.82, 2.24) is 10.6 Å². The molecular weight excluding hydrogens is 331 g/mol. The Labute approximate surface area is 140 Å². The molecule has 4 nitrogen and oxygen atoms in total. The summed E-state index contributed by atoms with van der Waals surface area (Å²) in [6, 6.07) is 5.93. The van der Waals surface area contributed by atoms with Crippen molar-refractivity contribution in [3.05, 3.63) is 28.8 Å². The minimum absolute atomic E-state index is 0. The molecule has 1 unspecified atom stereocenters. The van der Waals surface area contributed by atoms with E-state index in [9.17, 15) is 4.79 Å². The molecule has 118 valence electrons. The van der Waals surface area contributed by atoms with Gasteiger partial charge in [-0.1, -0.05) is 11.6 Å². The second-order valence-electron chi connectivity index (χ2n) is 4.61. The van der Waals surface area contributed by atoms with Gasteiger partial charge in [0.15, 0.2) is 0 Å². The van der Waals surface area contributed by atoms with E-state index >= 15 is 0 Å². The number of carbonyl (C=O) groups is 1. The second-order valence-corrected chi connectivity index (χ2v) is 6.18. The Hall–Kier alpha value is -0.460. The van der Waals surface area contributed by atoms with Gasteiger partial charge in [-0.05, 0) is 30.2 Å². The highest BCUT2D eigenvalue weighted by Gasteiger charge is 2.22. The number of hydrogen-bond acceptors (Lipinski definition) is 4. The number of carbonyl (C=O) groups excluding carboxylic acids is 1. The van der Waals surface area contributed by atoms with Crippen LogP contribution in [0.2, 0.25) is 5.02 Å². The van der Waals surface area contributed by atoms with Gasteiger partial charge < -0.3 is 15.4 Å². The predicted octanol–water partition coefficient (Wildman–Crippen LogP) is 2.65. The number of methoxy groups -OCH3 is 1. The summed E-state index contributed by atoms with van der Waals surface area (Å²) in [5.74, 6) is 1.01. The van der Waals surface area contributed by atoms with Crippen LogP contribution in [-0.4, -0.2) is 38.5 Å². The molecular formula is C14H20Cl2N2O2S. The first-order valence-electron chi connectivity index (χ1n) is 6.62. The van der Waals surface area contributed by atoms with Crippen LogP contribution < -0.4 is 10.6 Å². The van der Waals surface area contributed by atoms with E-state index in [-0.39, 0.29) is 24.4 Å². The zero-order chi connectivity index (χ0) is 14.4. The molecule has 0 fully saturated rings. The summed E-state index contributed by atoms with van der Waals surface area (Å²) in [5, 5.41) is 6.82. The van der Waals surface area contributed by atoms with Crippen molar-refractivity contribution >= 4 is 41.7 Å². The Morgan fingerprint density at radius 1 is 1.52 bits per heavy atom. The lowest BCUT2D eigenvalue weighted by atomic mass is 10.0. The molecule has 2 rings (SSSR count). The summed E-state index contributed by atoms with van der Waals surface area (Å²) in [4.78, 5) is 13.1. The molecule has 1 heterocycles. The molecule has 0 radical (unpaired) electrons. The van der Waals surface area contributed by atoms with Gasteiger partial charge >= 0.3 is 0 Å². The van der Waals surface area contributed by atoms with Crippen LogP contribution in [0, 0.1) is 0 Å². The van der Waals surface area contributed by atoms with Gasteiger partial charge in [0.05, 0.1) is 19.2 Å². The third-order valence-electron chi connectivity index (χ3n) is 3.12. The third kappa shape index (κ3) is 5.68. The largest absolute Gasteiger partial charge is 0.383 e. The minimum atomic E-state index is 0. The average Bonchev–Trinajstić information content (AvgIpc) is 2.44. The maximum absolute atomic E-state index is 11.9. The normalized spacial score (nSPS) is 16.8.